The van der Waals surface area contributed by atoms with E-state index in [1.54, 1.807) is 19.1 Å². The molecule has 0 saturated carbocycles. The third kappa shape index (κ3) is 6.81. The van der Waals surface area contributed by atoms with Crippen LogP contribution >= 0.6 is 11.6 Å². The number of methoxy groups -OCH3 is 1. The fourth-order valence-corrected chi connectivity index (χ4v) is 5.42. The van der Waals surface area contributed by atoms with E-state index in [-0.39, 0.29) is 23.0 Å². The van der Waals surface area contributed by atoms with Crippen molar-refractivity contribution in [2.24, 2.45) is 0 Å². The fourth-order valence-electron chi connectivity index (χ4n) is 3.88. The Kier molecular flexibility index (Phi) is 9.54. The normalized spacial score (nSPS) is 11.9. The first-order valence-electron chi connectivity index (χ1n) is 11.7. The van der Waals surface area contributed by atoms with Gasteiger partial charge in [-0.3, -0.25) is 13.9 Å². The van der Waals surface area contributed by atoms with E-state index in [1.807, 2.05) is 30.3 Å². The van der Waals surface area contributed by atoms with E-state index in [9.17, 15) is 18.0 Å². The average Bonchev–Trinajstić information content (AvgIpc) is 2.92. The van der Waals surface area contributed by atoms with Gasteiger partial charge in [0.15, 0.2) is 0 Å². The molecule has 0 spiro atoms. The lowest BCUT2D eigenvalue weighted by Gasteiger charge is -2.33. The molecule has 3 aromatic carbocycles. The first kappa shape index (κ1) is 28.0. The van der Waals surface area contributed by atoms with Crippen molar-refractivity contribution in [3.05, 3.63) is 89.4 Å². The van der Waals surface area contributed by atoms with Crippen LogP contribution in [0.3, 0.4) is 0 Å². The highest BCUT2D eigenvalue weighted by atomic mass is 35.5. The molecule has 1 N–H and O–H groups in total. The summed E-state index contributed by atoms with van der Waals surface area (Å²) in [5.74, 6) is -0.354. The van der Waals surface area contributed by atoms with E-state index < -0.39 is 28.5 Å². The highest BCUT2D eigenvalue weighted by molar-refractivity contribution is 7.92. The molecular formula is C27H30ClN3O5S. The second-order valence-electron chi connectivity index (χ2n) is 8.21. The molecule has 3 rings (SSSR count). The molecule has 0 saturated heterocycles. The molecule has 1 atom stereocenters. The van der Waals surface area contributed by atoms with Gasteiger partial charge in [0.05, 0.1) is 17.7 Å². The number of nitrogens with zero attached hydrogens (tertiary/aromatic N) is 2. The van der Waals surface area contributed by atoms with Crippen LogP contribution in [0.4, 0.5) is 5.69 Å². The summed E-state index contributed by atoms with van der Waals surface area (Å²) < 4.78 is 33.7. The van der Waals surface area contributed by atoms with Crippen molar-refractivity contribution in [2.75, 3.05) is 25.0 Å². The lowest BCUT2D eigenvalue weighted by molar-refractivity contribution is -0.140. The van der Waals surface area contributed by atoms with E-state index in [4.69, 9.17) is 16.3 Å². The van der Waals surface area contributed by atoms with E-state index in [0.29, 0.717) is 17.2 Å². The van der Waals surface area contributed by atoms with Gasteiger partial charge in [-0.05, 0) is 60.5 Å². The summed E-state index contributed by atoms with van der Waals surface area (Å²) in [5, 5.41) is 3.03. The van der Waals surface area contributed by atoms with Crippen molar-refractivity contribution in [2.45, 2.75) is 30.8 Å². The number of hydrogen-bond donors (Lipinski definition) is 1. The summed E-state index contributed by atoms with van der Waals surface area (Å²) in [5.41, 5.74) is 1.08. The zero-order valence-electron chi connectivity index (χ0n) is 20.9. The van der Waals surface area contributed by atoms with Crippen LogP contribution in [-0.4, -0.2) is 51.9 Å². The highest BCUT2D eigenvalue weighted by Gasteiger charge is 2.33. The first-order chi connectivity index (χ1) is 17.7. The van der Waals surface area contributed by atoms with Gasteiger partial charge in [0, 0.05) is 18.6 Å². The molecule has 0 aliphatic carbocycles. The number of likely N-dealkylation sites (N-methyl/N-ethyl adjacent to an activating group) is 1. The number of carbonyl (C=O) groups excluding carboxylic acids is 2. The van der Waals surface area contributed by atoms with Crippen molar-refractivity contribution in [3.63, 3.8) is 0 Å². The summed E-state index contributed by atoms with van der Waals surface area (Å²) in [6.45, 7) is 1.43. The van der Waals surface area contributed by atoms with Gasteiger partial charge >= 0.3 is 0 Å². The minimum atomic E-state index is -4.16. The molecule has 0 bridgehead atoms. The van der Waals surface area contributed by atoms with Gasteiger partial charge in [0.2, 0.25) is 11.8 Å². The number of nitrogens with one attached hydrogen (secondary N) is 1. The summed E-state index contributed by atoms with van der Waals surface area (Å²) in [6.07, 6.45) is 0.352. The molecule has 0 fully saturated rings. The number of ether oxygens (including phenoxy) is 1. The molecule has 0 unspecified atom stereocenters. The summed E-state index contributed by atoms with van der Waals surface area (Å²) in [4.78, 5) is 27.9. The van der Waals surface area contributed by atoms with Gasteiger partial charge in [-0.2, -0.15) is 0 Å². The number of carbonyl (C=O) groups is 2. The van der Waals surface area contributed by atoms with Crippen molar-refractivity contribution < 1.29 is 22.7 Å². The Labute approximate surface area is 222 Å². The molecule has 37 heavy (non-hydrogen) atoms. The topological polar surface area (TPSA) is 96.0 Å². The average molecular weight is 544 g/mol. The quantitative estimate of drug-likeness (QED) is 0.393. The number of hydrogen-bond acceptors (Lipinski definition) is 5. The van der Waals surface area contributed by atoms with Crippen LogP contribution in [0.25, 0.3) is 0 Å². The number of rotatable bonds is 11. The lowest BCUT2D eigenvalue weighted by Crippen LogP contribution is -2.51. The molecule has 196 valence electrons. The van der Waals surface area contributed by atoms with E-state index in [0.717, 1.165) is 9.87 Å². The first-order valence-corrected chi connectivity index (χ1v) is 13.5. The van der Waals surface area contributed by atoms with Gasteiger partial charge in [0.25, 0.3) is 10.0 Å². The van der Waals surface area contributed by atoms with Crippen molar-refractivity contribution in [1.82, 2.24) is 10.2 Å². The molecule has 0 aliphatic rings. The number of halogens is 1. The van der Waals surface area contributed by atoms with Crippen molar-refractivity contribution in [3.8, 4) is 5.75 Å². The van der Waals surface area contributed by atoms with Gasteiger partial charge in [0.1, 0.15) is 18.3 Å². The van der Waals surface area contributed by atoms with Crippen LogP contribution in [0, 0.1) is 0 Å². The van der Waals surface area contributed by atoms with E-state index >= 15 is 0 Å². The molecule has 8 nitrogen and oxygen atoms in total. The Morgan fingerprint density at radius 3 is 2.14 bits per heavy atom. The number of sulfonamides is 1. The molecule has 3 aromatic rings. The minimum absolute atomic E-state index is 0.0102. The van der Waals surface area contributed by atoms with Crippen LogP contribution in [0.5, 0.6) is 5.75 Å². The maximum absolute atomic E-state index is 13.8. The predicted octanol–water partition coefficient (Wildman–Crippen LogP) is 4.10. The third-order valence-corrected chi connectivity index (χ3v) is 7.91. The van der Waals surface area contributed by atoms with Crippen LogP contribution in [0.1, 0.15) is 18.9 Å². The Morgan fingerprint density at radius 1 is 0.973 bits per heavy atom. The summed E-state index contributed by atoms with van der Waals surface area (Å²) >= 11 is 6.04. The van der Waals surface area contributed by atoms with Gasteiger partial charge < -0.3 is 15.0 Å². The molecule has 0 radical (unpaired) electrons. The fraction of sp³-hybridized carbons (Fsp3) is 0.259. The second kappa shape index (κ2) is 12.6. The maximum atomic E-state index is 13.8. The maximum Gasteiger partial charge on any atom is 0.264 e. The molecule has 0 aromatic heterocycles. The van der Waals surface area contributed by atoms with Crippen LogP contribution < -0.4 is 14.4 Å². The van der Waals surface area contributed by atoms with Crippen LogP contribution in [-0.2, 0) is 26.2 Å². The predicted molar refractivity (Wildman–Crippen MR) is 144 cm³/mol. The van der Waals surface area contributed by atoms with E-state index in [1.165, 1.54) is 55.5 Å². The number of amides is 2. The SMILES string of the molecule is CC[C@@H](C(=O)NC)N(Cc1ccccc1)C(=O)CN(c1ccc(Cl)cc1)S(=O)(=O)c1ccc(OC)cc1. The summed E-state index contributed by atoms with van der Waals surface area (Å²) in [6, 6.07) is 20.5. The largest absolute Gasteiger partial charge is 0.497 e. The molecule has 10 heteroatoms. The Morgan fingerprint density at radius 2 is 1.59 bits per heavy atom. The summed E-state index contributed by atoms with van der Waals surface area (Å²) in [7, 11) is -1.17. The van der Waals surface area contributed by atoms with Crippen molar-refractivity contribution >= 4 is 39.1 Å². The number of anilines is 1. The minimum Gasteiger partial charge on any atom is -0.497 e. The second-order valence-corrected chi connectivity index (χ2v) is 10.5. The van der Waals surface area contributed by atoms with Crippen LogP contribution in [0.2, 0.25) is 5.02 Å². The monoisotopic (exact) mass is 543 g/mol. The molecule has 0 heterocycles. The molecular weight excluding hydrogens is 514 g/mol. The Bertz CT molecular complexity index is 1300. The molecule has 0 aliphatic heterocycles. The third-order valence-electron chi connectivity index (χ3n) is 5.87. The van der Waals surface area contributed by atoms with E-state index in [2.05, 4.69) is 5.32 Å². The van der Waals surface area contributed by atoms with Crippen molar-refractivity contribution in [1.29, 1.82) is 0 Å². The number of benzene rings is 3. The highest BCUT2D eigenvalue weighted by Crippen LogP contribution is 2.27. The Balaban J connectivity index is 2.04. The molecule has 2 amide bonds. The standard InChI is InChI=1S/C27H30ClN3O5S/c1-4-25(27(33)29-2)30(18-20-8-6-5-7-9-20)26(32)19-31(22-12-10-21(28)11-13-22)37(34,35)24-16-14-23(36-3)15-17-24/h5-17,25H,4,18-19H2,1-3H3,(H,29,33)/t25-/m0/s1. The zero-order valence-corrected chi connectivity index (χ0v) is 22.5. The van der Waals surface area contributed by atoms with Crippen LogP contribution in [0.15, 0.2) is 83.8 Å². The zero-order chi connectivity index (χ0) is 27.0. The smallest absolute Gasteiger partial charge is 0.264 e. The van der Waals surface area contributed by atoms with Gasteiger partial charge in [-0.15, -0.1) is 0 Å². The van der Waals surface area contributed by atoms with Gasteiger partial charge in [-0.1, -0.05) is 48.9 Å². The van der Waals surface area contributed by atoms with Gasteiger partial charge in [-0.25, -0.2) is 8.42 Å². The lowest BCUT2D eigenvalue weighted by atomic mass is 10.1. The Hall–Kier alpha value is -3.56.